The number of nitrogens with one attached hydrogen (secondary N) is 1. The summed E-state index contributed by atoms with van der Waals surface area (Å²) in [7, 11) is 0. The van der Waals surface area contributed by atoms with E-state index in [0.29, 0.717) is 18.4 Å². The third-order valence-corrected chi connectivity index (χ3v) is 3.31. The Balaban J connectivity index is 0.000000194. The molecule has 1 aromatic carbocycles. The molecule has 0 radical (unpaired) electrons. The van der Waals surface area contributed by atoms with Crippen LogP contribution in [0.15, 0.2) is 48.7 Å². The number of benzene rings is 1. The van der Waals surface area contributed by atoms with Crippen molar-refractivity contribution in [2.24, 2.45) is 5.92 Å². The van der Waals surface area contributed by atoms with Crippen molar-refractivity contribution in [1.29, 1.82) is 0 Å². The van der Waals surface area contributed by atoms with Gasteiger partial charge >= 0.3 is 0 Å². The minimum absolute atomic E-state index is 0.333. The van der Waals surface area contributed by atoms with Gasteiger partial charge in [0.05, 0.1) is 12.8 Å². The second-order valence-electron chi connectivity index (χ2n) is 4.78. The predicted octanol–water partition coefficient (Wildman–Crippen LogP) is 3.55. The van der Waals surface area contributed by atoms with Crippen molar-refractivity contribution < 1.29 is 9.13 Å². The number of hydrogen-bond donors (Lipinski definition) is 1. The fourth-order valence-corrected chi connectivity index (χ4v) is 2.07. The van der Waals surface area contributed by atoms with Gasteiger partial charge in [0.1, 0.15) is 5.82 Å². The third-order valence-electron chi connectivity index (χ3n) is 3.06. The molecular weight excluding hydrogens is 291 g/mol. The number of pyridine rings is 1. The summed E-state index contributed by atoms with van der Waals surface area (Å²) >= 11 is 5.54. The van der Waals surface area contributed by atoms with Gasteiger partial charge in [-0.2, -0.15) is 0 Å². The van der Waals surface area contributed by atoms with Crippen LogP contribution in [0.3, 0.4) is 0 Å². The lowest BCUT2D eigenvalue weighted by atomic mass is 10.1. The molecule has 1 atom stereocenters. The lowest BCUT2D eigenvalue weighted by molar-refractivity contribution is 0.250. The van der Waals surface area contributed by atoms with Crippen LogP contribution in [-0.4, -0.2) is 24.7 Å². The molecule has 21 heavy (non-hydrogen) atoms. The van der Waals surface area contributed by atoms with Crippen LogP contribution in [0, 0.1) is 11.7 Å². The summed E-state index contributed by atoms with van der Waals surface area (Å²) in [5.41, 5.74) is 0. The highest BCUT2D eigenvalue weighted by atomic mass is 35.5. The maximum atomic E-state index is 12.5. The third kappa shape index (κ3) is 6.10. The summed E-state index contributed by atoms with van der Waals surface area (Å²) in [6.07, 6.45) is 2.31. The molecule has 1 fully saturated rings. The van der Waals surface area contributed by atoms with E-state index >= 15 is 0 Å². The maximum absolute atomic E-state index is 12.5. The van der Waals surface area contributed by atoms with Gasteiger partial charge in [-0.05, 0) is 31.2 Å². The first-order valence-electron chi connectivity index (χ1n) is 6.89. The highest BCUT2D eigenvalue weighted by Gasteiger charge is 2.14. The van der Waals surface area contributed by atoms with Crippen molar-refractivity contribution in [3.8, 4) is 5.88 Å². The first-order chi connectivity index (χ1) is 10.2. The average molecular weight is 309 g/mol. The summed E-state index contributed by atoms with van der Waals surface area (Å²) < 4.78 is 17.9. The van der Waals surface area contributed by atoms with Crippen molar-refractivity contribution in [3.63, 3.8) is 0 Å². The summed E-state index contributed by atoms with van der Waals surface area (Å²) in [6, 6.07) is 12.4. The van der Waals surface area contributed by atoms with Crippen LogP contribution in [0.2, 0.25) is 5.02 Å². The highest BCUT2D eigenvalue weighted by molar-refractivity contribution is 6.30. The van der Waals surface area contributed by atoms with Crippen LogP contribution in [0.1, 0.15) is 6.42 Å². The smallest absolute Gasteiger partial charge is 0.213 e. The predicted molar refractivity (Wildman–Crippen MR) is 82.1 cm³/mol. The SMILES string of the molecule is Clc1ccccc1.Fc1ccc(OCC2CCNC2)nc1. The molecule has 3 rings (SSSR count). The Kier molecular flexibility index (Phi) is 6.44. The Bertz CT molecular complexity index is 516. The van der Waals surface area contributed by atoms with Crippen LogP contribution in [-0.2, 0) is 0 Å². The van der Waals surface area contributed by atoms with Crippen LogP contribution in [0.5, 0.6) is 5.88 Å². The zero-order valence-corrected chi connectivity index (χ0v) is 12.4. The molecule has 1 unspecified atom stereocenters. The summed E-state index contributed by atoms with van der Waals surface area (Å²) in [4.78, 5) is 3.82. The van der Waals surface area contributed by atoms with Crippen molar-refractivity contribution in [3.05, 3.63) is 59.5 Å². The van der Waals surface area contributed by atoms with E-state index in [4.69, 9.17) is 16.3 Å². The maximum Gasteiger partial charge on any atom is 0.213 e. The standard InChI is InChI=1S/C10H13FN2O.C6H5Cl/c11-9-1-2-10(13-6-9)14-7-8-3-4-12-5-8;7-6-4-2-1-3-5-6/h1-2,6,8,12H,3-5,7H2;1-5H. The molecule has 1 aliphatic rings. The van der Waals surface area contributed by atoms with Crippen molar-refractivity contribution in [1.82, 2.24) is 10.3 Å². The van der Waals surface area contributed by atoms with Crippen LogP contribution < -0.4 is 10.1 Å². The van der Waals surface area contributed by atoms with E-state index in [1.54, 1.807) is 6.07 Å². The number of hydrogen-bond acceptors (Lipinski definition) is 3. The minimum Gasteiger partial charge on any atom is -0.477 e. The molecule has 0 aliphatic carbocycles. The minimum atomic E-state index is -0.333. The fraction of sp³-hybridized carbons (Fsp3) is 0.312. The van der Waals surface area contributed by atoms with E-state index in [1.165, 1.54) is 12.3 Å². The Morgan fingerprint density at radius 1 is 1.24 bits per heavy atom. The molecule has 2 heterocycles. The molecule has 2 aromatic rings. The summed E-state index contributed by atoms with van der Waals surface area (Å²) in [5, 5.41) is 4.05. The summed E-state index contributed by atoms with van der Waals surface area (Å²) in [6.45, 7) is 2.72. The van der Waals surface area contributed by atoms with E-state index in [0.717, 1.165) is 24.5 Å². The van der Waals surface area contributed by atoms with Gasteiger partial charge in [-0.3, -0.25) is 0 Å². The first kappa shape index (κ1) is 15.7. The molecule has 1 N–H and O–H groups in total. The molecule has 1 aliphatic heterocycles. The average Bonchev–Trinajstić information content (AvgIpc) is 3.02. The number of ether oxygens (including phenoxy) is 1. The first-order valence-corrected chi connectivity index (χ1v) is 7.27. The Morgan fingerprint density at radius 3 is 2.57 bits per heavy atom. The highest BCUT2D eigenvalue weighted by Crippen LogP contribution is 2.11. The molecule has 0 saturated carbocycles. The zero-order valence-electron chi connectivity index (χ0n) is 11.6. The Labute approximate surface area is 129 Å². The van der Waals surface area contributed by atoms with Gasteiger partial charge < -0.3 is 10.1 Å². The molecule has 0 bridgehead atoms. The molecule has 1 aromatic heterocycles. The monoisotopic (exact) mass is 308 g/mol. The van der Waals surface area contributed by atoms with E-state index in [1.807, 2.05) is 30.3 Å². The molecule has 3 nitrogen and oxygen atoms in total. The lowest BCUT2D eigenvalue weighted by Crippen LogP contribution is -2.15. The van der Waals surface area contributed by atoms with Crippen LogP contribution in [0.25, 0.3) is 0 Å². The van der Waals surface area contributed by atoms with Crippen LogP contribution in [0.4, 0.5) is 4.39 Å². The van der Waals surface area contributed by atoms with E-state index in [2.05, 4.69) is 10.3 Å². The van der Waals surface area contributed by atoms with E-state index in [-0.39, 0.29) is 5.82 Å². The molecule has 0 spiro atoms. The van der Waals surface area contributed by atoms with Gasteiger partial charge in [0.2, 0.25) is 5.88 Å². The zero-order chi connectivity index (χ0) is 14.9. The molecule has 0 amide bonds. The number of rotatable bonds is 3. The van der Waals surface area contributed by atoms with E-state index in [9.17, 15) is 4.39 Å². The van der Waals surface area contributed by atoms with Gasteiger partial charge in [0, 0.05) is 23.6 Å². The van der Waals surface area contributed by atoms with Gasteiger partial charge in [-0.1, -0.05) is 29.8 Å². The van der Waals surface area contributed by atoms with Gasteiger partial charge in [-0.25, -0.2) is 9.37 Å². The van der Waals surface area contributed by atoms with Crippen molar-refractivity contribution in [2.45, 2.75) is 6.42 Å². The number of nitrogens with zero attached hydrogens (tertiary/aromatic N) is 1. The Hall–Kier alpha value is -1.65. The van der Waals surface area contributed by atoms with Gasteiger partial charge in [-0.15, -0.1) is 0 Å². The second kappa shape index (κ2) is 8.60. The Morgan fingerprint density at radius 2 is 2.05 bits per heavy atom. The summed E-state index contributed by atoms with van der Waals surface area (Å²) in [5.74, 6) is 0.722. The number of halogens is 2. The normalized spacial score (nSPS) is 17.0. The quantitative estimate of drug-likeness (QED) is 0.941. The molecular formula is C16H18ClFN2O. The largest absolute Gasteiger partial charge is 0.477 e. The fourth-order valence-electron chi connectivity index (χ4n) is 1.92. The molecule has 1 saturated heterocycles. The van der Waals surface area contributed by atoms with Crippen molar-refractivity contribution in [2.75, 3.05) is 19.7 Å². The second-order valence-corrected chi connectivity index (χ2v) is 5.22. The topological polar surface area (TPSA) is 34.1 Å². The lowest BCUT2D eigenvalue weighted by Gasteiger charge is -2.09. The van der Waals surface area contributed by atoms with E-state index < -0.39 is 0 Å². The molecule has 5 heteroatoms. The number of aromatic nitrogens is 1. The van der Waals surface area contributed by atoms with Crippen molar-refractivity contribution >= 4 is 11.6 Å². The van der Waals surface area contributed by atoms with Crippen LogP contribution >= 0.6 is 11.6 Å². The molecule has 112 valence electrons. The van der Waals surface area contributed by atoms with Gasteiger partial charge in [0.15, 0.2) is 0 Å². The van der Waals surface area contributed by atoms with Gasteiger partial charge in [0.25, 0.3) is 0 Å².